The van der Waals surface area contributed by atoms with Gasteiger partial charge in [0, 0.05) is 30.8 Å². The second kappa shape index (κ2) is 6.02. The highest BCUT2D eigenvalue weighted by atomic mass is 16.3. The highest BCUT2D eigenvalue weighted by molar-refractivity contribution is 6.02. The molecule has 2 N–H and O–H groups in total. The minimum atomic E-state index is -0.306. The van der Waals surface area contributed by atoms with Gasteiger partial charge >= 0.3 is 0 Å². The molecule has 2 atom stereocenters. The second-order valence-corrected chi connectivity index (χ2v) is 6.13. The number of Topliss-reactive ketones (excluding diaryl/α,β-unsaturated/α-hetero) is 1. The fourth-order valence-electron chi connectivity index (χ4n) is 3.35. The number of carbonyl (C=O) groups is 2. The summed E-state index contributed by atoms with van der Waals surface area (Å²) in [5, 5.41) is 9.88. The first-order chi connectivity index (χ1) is 9.82. The number of aliphatic hydroxyl groups is 1. The van der Waals surface area contributed by atoms with E-state index in [2.05, 4.69) is 4.98 Å². The van der Waals surface area contributed by atoms with Crippen molar-refractivity contribution in [3.05, 3.63) is 22.5 Å². The number of rotatable bonds is 4. The van der Waals surface area contributed by atoms with E-state index in [1.54, 1.807) is 25.8 Å². The van der Waals surface area contributed by atoms with E-state index < -0.39 is 0 Å². The summed E-state index contributed by atoms with van der Waals surface area (Å²) < 4.78 is 0. The van der Waals surface area contributed by atoms with Crippen LogP contribution < -0.4 is 0 Å². The van der Waals surface area contributed by atoms with Crippen molar-refractivity contribution in [1.29, 1.82) is 0 Å². The van der Waals surface area contributed by atoms with Gasteiger partial charge in [0.05, 0.1) is 6.10 Å². The Kier molecular flexibility index (Phi) is 4.52. The lowest BCUT2D eigenvalue weighted by atomic mass is 10.0. The molecule has 2 rings (SSSR count). The number of amides is 1. The Hall–Kier alpha value is -1.62. The molecule has 1 aromatic heterocycles. The van der Waals surface area contributed by atoms with Crippen LogP contribution in [-0.4, -0.2) is 46.4 Å². The van der Waals surface area contributed by atoms with Gasteiger partial charge in [-0.05, 0) is 39.2 Å². The van der Waals surface area contributed by atoms with Gasteiger partial charge in [0.25, 0.3) is 5.91 Å². The molecule has 1 aromatic rings. The van der Waals surface area contributed by atoms with Crippen molar-refractivity contribution in [3.63, 3.8) is 0 Å². The van der Waals surface area contributed by atoms with Crippen molar-refractivity contribution in [3.8, 4) is 0 Å². The molecule has 1 aliphatic rings. The van der Waals surface area contributed by atoms with Gasteiger partial charge in [0.1, 0.15) is 5.69 Å². The third-order valence-electron chi connectivity index (χ3n) is 4.48. The quantitative estimate of drug-likeness (QED) is 0.834. The van der Waals surface area contributed by atoms with Gasteiger partial charge in [-0.2, -0.15) is 0 Å². The molecular weight excluding hydrogens is 268 g/mol. The minimum Gasteiger partial charge on any atom is -0.393 e. The molecule has 1 heterocycles. The van der Waals surface area contributed by atoms with Crippen LogP contribution in [0.5, 0.6) is 0 Å². The minimum absolute atomic E-state index is 0.0332. The van der Waals surface area contributed by atoms with E-state index in [1.807, 2.05) is 0 Å². The van der Waals surface area contributed by atoms with E-state index in [4.69, 9.17) is 0 Å². The zero-order valence-electron chi connectivity index (χ0n) is 13.2. The fourth-order valence-corrected chi connectivity index (χ4v) is 3.35. The van der Waals surface area contributed by atoms with E-state index in [1.165, 1.54) is 6.92 Å². The van der Waals surface area contributed by atoms with Crippen LogP contribution in [0.15, 0.2) is 0 Å². The standard InChI is InChI=1S/C16H24N2O3/c1-9-14(11(3)19)10(2)17-15(9)16(21)18(4)8-12-6-5-7-13(12)20/h12-13,17,20H,5-8H2,1-4H3. The van der Waals surface area contributed by atoms with Crippen molar-refractivity contribution >= 4 is 11.7 Å². The smallest absolute Gasteiger partial charge is 0.270 e. The first-order valence-corrected chi connectivity index (χ1v) is 7.46. The average Bonchev–Trinajstić information content (AvgIpc) is 2.92. The van der Waals surface area contributed by atoms with E-state index in [-0.39, 0.29) is 23.7 Å². The molecule has 1 amide bonds. The van der Waals surface area contributed by atoms with Gasteiger partial charge in [-0.15, -0.1) is 0 Å². The highest BCUT2D eigenvalue weighted by Gasteiger charge is 2.29. The highest BCUT2D eigenvalue weighted by Crippen LogP contribution is 2.27. The molecular formula is C16H24N2O3. The number of aromatic nitrogens is 1. The summed E-state index contributed by atoms with van der Waals surface area (Å²) in [5.74, 6) is -0.000962. The number of nitrogens with one attached hydrogen (secondary N) is 1. The van der Waals surface area contributed by atoms with Crippen molar-refractivity contribution in [2.75, 3.05) is 13.6 Å². The summed E-state index contributed by atoms with van der Waals surface area (Å²) in [4.78, 5) is 28.9. The normalized spacial score (nSPS) is 21.6. The van der Waals surface area contributed by atoms with Gasteiger partial charge in [0.2, 0.25) is 0 Å². The Morgan fingerprint density at radius 3 is 2.48 bits per heavy atom. The molecule has 116 valence electrons. The topological polar surface area (TPSA) is 73.4 Å². The maximum atomic E-state index is 12.5. The molecule has 0 radical (unpaired) electrons. The van der Waals surface area contributed by atoms with Gasteiger partial charge in [0.15, 0.2) is 5.78 Å². The maximum absolute atomic E-state index is 12.5. The Balaban J connectivity index is 2.16. The number of H-pyrrole nitrogens is 1. The molecule has 0 aliphatic heterocycles. The number of carbonyl (C=O) groups excluding carboxylic acids is 2. The number of aryl methyl sites for hydroxylation is 1. The molecule has 21 heavy (non-hydrogen) atoms. The summed E-state index contributed by atoms with van der Waals surface area (Å²) in [6.07, 6.45) is 2.49. The van der Waals surface area contributed by atoms with Crippen LogP contribution in [-0.2, 0) is 0 Å². The van der Waals surface area contributed by atoms with E-state index >= 15 is 0 Å². The molecule has 0 aromatic carbocycles. The van der Waals surface area contributed by atoms with Gasteiger partial charge in [-0.3, -0.25) is 9.59 Å². The van der Waals surface area contributed by atoms with Crippen LogP contribution in [0, 0.1) is 19.8 Å². The molecule has 0 bridgehead atoms. The van der Waals surface area contributed by atoms with E-state index in [0.717, 1.165) is 25.0 Å². The SMILES string of the molecule is CC(=O)c1c(C)[nH]c(C(=O)N(C)CC2CCCC2O)c1C. The number of aromatic amines is 1. The number of aliphatic hydroxyl groups excluding tert-OH is 1. The zero-order chi connectivity index (χ0) is 15.7. The maximum Gasteiger partial charge on any atom is 0.270 e. The van der Waals surface area contributed by atoms with Crippen molar-refractivity contribution in [2.24, 2.45) is 5.92 Å². The largest absolute Gasteiger partial charge is 0.393 e. The lowest BCUT2D eigenvalue weighted by Crippen LogP contribution is -2.35. The monoisotopic (exact) mass is 292 g/mol. The molecule has 0 saturated heterocycles. The third-order valence-corrected chi connectivity index (χ3v) is 4.48. The molecule has 0 spiro atoms. The number of hydrogen-bond donors (Lipinski definition) is 2. The van der Waals surface area contributed by atoms with E-state index in [9.17, 15) is 14.7 Å². The predicted octanol–water partition coefficient (Wildman–Crippen LogP) is 2.07. The first kappa shape index (κ1) is 15.8. The van der Waals surface area contributed by atoms with Gasteiger partial charge in [-0.1, -0.05) is 6.42 Å². The summed E-state index contributed by atoms with van der Waals surface area (Å²) in [6, 6.07) is 0. The van der Waals surface area contributed by atoms with Crippen LogP contribution in [0.4, 0.5) is 0 Å². The van der Waals surface area contributed by atoms with Crippen molar-refractivity contribution in [1.82, 2.24) is 9.88 Å². The molecule has 1 saturated carbocycles. The average molecular weight is 292 g/mol. The molecule has 1 aliphatic carbocycles. The Bertz CT molecular complexity index is 562. The summed E-state index contributed by atoms with van der Waals surface area (Å²) in [6.45, 7) is 5.66. The number of ketones is 1. The van der Waals surface area contributed by atoms with Gasteiger partial charge < -0.3 is 15.0 Å². The van der Waals surface area contributed by atoms with Crippen molar-refractivity contribution < 1.29 is 14.7 Å². The van der Waals surface area contributed by atoms with Crippen LogP contribution in [0.2, 0.25) is 0 Å². The zero-order valence-corrected chi connectivity index (χ0v) is 13.2. The molecule has 5 nitrogen and oxygen atoms in total. The van der Waals surface area contributed by atoms with Crippen LogP contribution in [0.1, 0.15) is 58.3 Å². The van der Waals surface area contributed by atoms with Crippen molar-refractivity contribution in [2.45, 2.75) is 46.1 Å². The Morgan fingerprint density at radius 2 is 2.00 bits per heavy atom. The summed E-state index contributed by atoms with van der Waals surface area (Å²) >= 11 is 0. The third kappa shape index (κ3) is 3.02. The lowest BCUT2D eigenvalue weighted by Gasteiger charge is -2.23. The van der Waals surface area contributed by atoms with E-state index in [0.29, 0.717) is 23.4 Å². The molecule has 1 fully saturated rings. The predicted molar refractivity (Wildman–Crippen MR) is 80.6 cm³/mol. The number of hydrogen-bond acceptors (Lipinski definition) is 3. The lowest BCUT2D eigenvalue weighted by molar-refractivity contribution is 0.0688. The van der Waals surface area contributed by atoms with Crippen LogP contribution in [0.25, 0.3) is 0 Å². The molecule has 5 heteroatoms. The van der Waals surface area contributed by atoms with Crippen LogP contribution in [0.3, 0.4) is 0 Å². The van der Waals surface area contributed by atoms with Crippen LogP contribution >= 0.6 is 0 Å². The Labute approximate surface area is 125 Å². The summed E-state index contributed by atoms with van der Waals surface area (Å²) in [7, 11) is 1.75. The first-order valence-electron chi connectivity index (χ1n) is 7.46. The summed E-state index contributed by atoms with van der Waals surface area (Å²) in [5.41, 5.74) is 2.53. The Morgan fingerprint density at radius 1 is 1.33 bits per heavy atom. The fraction of sp³-hybridized carbons (Fsp3) is 0.625. The molecule has 2 unspecified atom stereocenters. The second-order valence-electron chi connectivity index (χ2n) is 6.13. The van der Waals surface area contributed by atoms with Gasteiger partial charge in [-0.25, -0.2) is 0 Å². The number of nitrogens with zero attached hydrogens (tertiary/aromatic N) is 1.